The highest BCUT2D eigenvalue weighted by molar-refractivity contribution is 6.06. The molecule has 1 aromatic heterocycles. The Morgan fingerprint density at radius 3 is 2.38 bits per heavy atom. The molecule has 4 rings (SSSR count). The van der Waals surface area contributed by atoms with Crippen LogP contribution in [0.4, 0.5) is 14.9 Å². The third-order valence-corrected chi connectivity index (χ3v) is 6.83. The van der Waals surface area contributed by atoms with Gasteiger partial charge in [0.05, 0.1) is 11.3 Å². The molecular weight excluding hydrogens is 507 g/mol. The zero-order valence-electron chi connectivity index (χ0n) is 24.2. The molecule has 2 heterocycles. The van der Waals surface area contributed by atoms with E-state index in [4.69, 9.17) is 4.74 Å². The largest absolute Gasteiger partial charge is 0.444 e. The van der Waals surface area contributed by atoms with Gasteiger partial charge in [0, 0.05) is 55.7 Å². The van der Waals surface area contributed by atoms with Gasteiger partial charge in [0.15, 0.2) is 0 Å². The minimum atomic E-state index is -0.510. The van der Waals surface area contributed by atoms with Crippen molar-refractivity contribution in [2.75, 3.05) is 24.5 Å². The maximum Gasteiger partial charge on any atom is 0.410 e. The number of amides is 2. The molecule has 0 N–H and O–H groups in total. The first-order chi connectivity index (χ1) is 18.9. The summed E-state index contributed by atoms with van der Waals surface area (Å²) >= 11 is 0. The molecule has 0 bridgehead atoms. The van der Waals surface area contributed by atoms with Crippen molar-refractivity contribution in [3.05, 3.63) is 83.8 Å². The molecule has 2 aromatic carbocycles. The van der Waals surface area contributed by atoms with E-state index in [-0.39, 0.29) is 29.9 Å². The first-order valence-corrected chi connectivity index (χ1v) is 13.8. The number of carbonyl (C=O) groups is 2. The lowest BCUT2D eigenvalue weighted by Gasteiger charge is -2.40. The molecule has 3 aromatic rings. The standard InChI is InChI=1S/C32H39FN4O3/c1-22(2)37(30(38)26-12-15-29(34-19-26)25-8-7-9-27(33)18-25)28-13-10-24(11-14-28)21-35-16-17-36(23(3)20-35)31(39)40-32(4,5)6/h7-15,18-19,22-23H,16-17,20-21H2,1-6H3/t23-/m0/s1. The van der Waals surface area contributed by atoms with E-state index in [0.717, 1.165) is 30.9 Å². The molecule has 0 radical (unpaired) electrons. The number of pyridine rings is 1. The second kappa shape index (κ2) is 12.2. The highest BCUT2D eigenvalue weighted by Crippen LogP contribution is 2.24. The van der Waals surface area contributed by atoms with Crippen LogP contribution in [0.1, 0.15) is 57.5 Å². The Bertz CT molecular complexity index is 1320. The van der Waals surface area contributed by atoms with E-state index < -0.39 is 5.60 Å². The summed E-state index contributed by atoms with van der Waals surface area (Å²) in [5, 5.41) is 0. The van der Waals surface area contributed by atoms with E-state index in [1.54, 1.807) is 40.3 Å². The molecule has 0 saturated carbocycles. The van der Waals surface area contributed by atoms with E-state index in [1.165, 1.54) is 12.1 Å². The van der Waals surface area contributed by atoms with Gasteiger partial charge in [-0.15, -0.1) is 0 Å². The molecule has 0 aliphatic carbocycles. The van der Waals surface area contributed by atoms with Gasteiger partial charge in [-0.2, -0.15) is 0 Å². The number of halogens is 1. The highest BCUT2D eigenvalue weighted by atomic mass is 19.1. The lowest BCUT2D eigenvalue weighted by molar-refractivity contribution is 0.000549. The van der Waals surface area contributed by atoms with Crippen molar-refractivity contribution in [1.82, 2.24) is 14.8 Å². The Balaban J connectivity index is 1.40. The number of piperazine rings is 1. The van der Waals surface area contributed by atoms with Gasteiger partial charge in [-0.3, -0.25) is 14.7 Å². The summed E-state index contributed by atoms with van der Waals surface area (Å²) in [5.41, 5.74) is 3.17. The smallest absolute Gasteiger partial charge is 0.410 e. The molecule has 1 aliphatic heterocycles. The lowest BCUT2D eigenvalue weighted by atomic mass is 10.1. The fourth-order valence-electron chi connectivity index (χ4n) is 4.92. The molecule has 1 saturated heterocycles. The van der Waals surface area contributed by atoms with Crippen LogP contribution in [0.5, 0.6) is 0 Å². The van der Waals surface area contributed by atoms with Crippen LogP contribution in [-0.2, 0) is 11.3 Å². The molecule has 40 heavy (non-hydrogen) atoms. The Kier molecular flexibility index (Phi) is 8.88. The second-order valence-corrected chi connectivity index (χ2v) is 11.6. The molecule has 212 valence electrons. The maximum absolute atomic E-state index is 13.6. The fraction of sp³-hybridized carbons (Fsp3) is 0.406. The number of hydrogen-bond donors (Lipinski definition) is 0. The summed E-state index contributed by atoms with van der Waals surface area (Å²) in [6, 6.07) is 17.8. The molecular formula is C32H39FN4O3. The first-order valence-electron chi connectivity index (χ1n) is 13.8. The summed E-state index contributed by atoms with van der Waals surface area (Å²) < 4.78 is 19.2. The van der Waals surface area contributed by atoms with E-state index in [9.17, 15) is 14.0 Å². The first kappa shape index (κ1) is 29.2. The number of nitrogens with zero attached hydrogens (tertiary/aromatic N) is 4. The van der Waals surface area contributed by atoms with Crippen LogP contribution < -0.4 is 4.90 Å². The summed E-state index contributed by atoms with van der Waals surface area (Å²) in [7, 11) is 0. The SMILES string of the molecule is CC(C)N(C(=O)c1ccc(-c2cccc(F)c2)nc1)c1ccc(CN2CCN(C(=O)OC(C)(C)C)[C@@H](C)C2)cc1. The molecule has 2 amide bonds. The predicted octanol–water partition coefficient (Wildman–Crippen LogP) is 6.38. The Labute approximate surface area is 236 Å². The van der Waals surface area contributed by atoms with Gasteiger partial charge < -0.3 is 14.5 Å². The zero-order valence-corrected chi connectivity index (χ0v) is 24.2. The molecule has 0 spiro atoms. The van der Waals surface area contributed by atoms with Crippen molar-refractivity contribution >= 4 is 17.7 Å². The second-order valence-electron chi connectivity index (χ2n) is 11.6. The van der Waals surface area contributed by atoms with Crippen LogP contribution in [0.3, 0.4) is 0 Å². The average molecular weight is 547 g/mol. The summed E-state index contributed by atoms with van der Waals surface area (Å²) in [5.74, 6) is -0.473. The van der Waals surface area contributed by atoms with Gasteiger partial charge in [-0.1, -0.05) is 24.3 Å². The highest BCUT2D eigenvalue weighted by Gasteiger charge is 2.31. The third-order valence-electron chi connectivity index (χ3n) is 6.83. The Hall–Kier alpha value is -3.78. The molecule has 8 heteroatoms. The van der Waals surface area contributed by atoms with Crippen molar-refractivity contribution in [3.8, 4) is 11.3 Å². The van der Waals surface area contributed by atoms with E-state index in [1.807, 2.05) is 65.8 Å². The Morgan fingerprint density at radius 2 is 1.80 bits per heavy atom. The molecule has 7 nitrogen and oxygen atoms in total. The molecule has 1 aliphatic rings. The van der Waals surface area contributed by atoms with Crippen molar-refractivity contribution in [1.29, 1.82) is 0 Å². The van der Waals surface area contributed by atoms with Crippen molar-refractivity contribution < 1.29 is 18.7 Å². The van der Waals surface area contributed by atoms with Crippen LogP contribution in [0.25, 0.3) is 11.3 Å². The normalized spacial score (nSPS) is 16.2. The van der Waals surface area contributed by atoms with Crippen molar-refractivity contribution in [2.45, 2.75) is 65.8 Å². The summed E-state index contributed by atoms with van der Waals surface area (Å²) in [6.45, 7) is 14.5. The lowest BCUT2D eigenvalue weighted by Crippen LogP contribution is -2.54. The monoisotopic (exact) mass is 546 g/mol. The fourth-order valence-corrected chi connectivity index (χ4v) is 4.92. The predicted molar refractivity (Wildman–Crippen MR) is 156 cm³/mol. The quantitative estimate of drug-likeness (QED) is 0.359. The number of rotatable bonds is 6. The van der Waals surface area contributed by atoms with Gasteiger partial charge in [0.2, 0.25) is 0 Å². The van der Waals surface area contributed by atoms with Crippen LogP contribution in [0, 0.1) is 5.82 Å². The van der Waals surface area contributed by atoms with E-state index >= 15 is 0 Å². The van der Waals surface area contributed by atoms with Gasteiger partial charge in [0.25, 0.3) is 5.91 Å². The summed E-state index contributed by atoms with van der Waals surface area (Å²) in [4.78, 5) is 36.3. The number of anilines is 1. The molecule has 1 atom stereocenters. The zero-order chi connectivity index (χ0) is 29.0. The molecule has 0 unspecified atom stereocenters. The molecule has 1 fully saturated rings. The number of aromatic nitrogens is 1. The number of hydrogen-bond acceptors (Lipinski definition) is 5. The van der Waals surface area contributed by atoms with Crippen LogP contribution in [0.2, 0.25) is 0 Å². The Morgan fingerprint density at radius 1 is 1.07 bits per heavy atom. The number of benzene rings is 2. The topological polar surface area (TPSA) is 66.0 Å². The van der Waals surface area contributed by atoms with Crippen LogP contribution in [0.15, 0.2) is 66.9 Å². The van der Waals surface area contributed by atoms with Crippen molar-refractivity contribution in [2.24, 2.45) is 0 Å². The van der Waals surface area contributed by atoms with Gasteiger partial charge in [-0.05, 0) is 83.5 Å². The summed E-state index contributed by atoms with van der Waals surface area (Å²) in [6.07, 6.45) is 1.28. The van der Waals surface area contributed by atoms with E-state index in [2.05, 4.69) is 9.88 Å². The number of ether oxygens (including phenoxy) is 1. The van der Waals surface area contributed by atoms with Gasteiger partial charge in [0.1, 0.15) is 11.4 Å². The third kappa shape index (κ3) is 7.24. The maximum atomic E-state index is 13.6. The average Bonchev–Trinajstić information content (AvgIpc) is 2.88. The van der Waals surface area contributed by atoms with E-state index in [0.29, 0.717) is 23.4 Å². The van der Waals surface area contributed by atoms with Crippen LogP contribution in [-0.4, -0.2) is 64.1 Å². The number of carbonyl (C=O) groups excluding carboxylic acids is 2. The minimum Gasteiger partial charge on any atom is -0.444 e. The van der Waals surface area contributed by atoms with Crippen molar-refractivity contribution in [3.63, 3.8) is 0 Å². The minimum absolute atomic E-state index is 0.0536. The van der Waals surface area contributed by atoms with Crippen LogP contribution >= 0.6 is 0 Å². The van der Waals surface area contributed by atoms with Gasteiger partial charge >= 0.3 is 6.09 Å². The van der Waals surface area contributed by atoms with Gasteiger partial charge in [-0.25, -0.2) is 9.18 Å².